The smallest absolute Gasteiger partial charge is 0.307 e. The summed E-state index contributed by atoms with van der Waals surface area (Å²) >= 11 is 0. The van der Waals surface area contributed by atoms with Crippen LogP contribution in [0, 0.1) is 13.8 Å². The molecule has 1 aromatic rings. The summed E-state index contributed by atoms with van der Waals surface area (Å²) in [6.07, 6.45) is -0.0944. The Morgan fingerprint density at radius 2 is 1.93 bits per heavy atom. The van der Waals surface area contributed by atoms with E-state index >= 15 is 0 Å². The first-order valence-corrected chi connectivity index (χ1v) is 4.60. The molecule has 0 heterocycles. The molecule has 0 aliphatic carbocycles. The van der Waals surface area contributed by atoms with Crippen molar-refractivity contribution in [3.05, 3.63) is 28.8 Å². The molecule has 15 heavy (non-hydrogen) atoms. The minimum Gasteiger partial charge on any atom is -0.481 e. The minimum atomic E-state index is -0.911. The number of aliphatic hydroxyl groups excluding tert-OH is 1. The molecular formula is C11H14O4. The fourth-order valence-corrected chi connectivity index (χ4v) is 1.48. The number of aliphatic hydroxyl groups is 1. The standard InChI is InChI=1S/C11H14O4/c1-7-3-4-8(2)11(15-6-12)9(7)5-10(13)14/h3-4,12H,5-6H2,1-2H3,(H,13,14). The first kappa shape index (κ1) is 11.5. The molecule has 0 saturated heterocycles. The van der Waals surface area contributed by atoms with Crippen LogP contribution in [-0.2, 0) is 11.2 Å². The normalized spacial score (nSPS) is 10.1. The van der Waals surface area contributed by atoms with Gasteiger partial charge in [-0.05, 0) is 25.0 Å². The maximum Gasteiger partial charge on any atom is 0.307 e. The van der Waals surface area contributed by atoms with Crippen LogP contribution in [-0.4, -0.2) is 23.0 Å². The van der Waals surface area contributed by atoms with Gasteiger partial charge in [0, 0.05) is 5.56 Å². The number of benzene rings is 1. The van der Waals surface area contributed by atoms with E-state index in [1.54, 1.807) is 0 Å². The Hall–Kier alpha value is -1.55. The predicted molar refractivity (Wildman–Crippen MR) is 55.0 cm³/mol. The predicted octanol–water partition coefficient (Wildman–Crippen LogP) is 1.26. The first-order chi connectivity index (χ1) is 7.06. The summed E-state index contributed by atoms with van der Waals surface area (Å²) in [5, 5.41) is 17.5. The van der Waals surface area contributed by atoms with Gasteiger partial charge in [-0.15, -0.1) is 0 Å². The third-order valence-corrected chi connectivity index (χ3v) is 2.23. The first-order valence-electron chi connectivity index (χ1n) is 4.60. The number of aryl methyl sites for hydroxylation is 2. The number of hydrogen-bond donors (Lipinski definition) is 2. The van der Waals surface area contributed by atoms with Crippen molar-refractivity contribution < 1.29 is 19.7 Å². The van der Waals surface area contributed by atoms with Gasteiger partial charge in [-0.1, -0.05) is 12.1 Å². The zero-order valence-electron chi connectivity index (χ0n) is 8.78. The van der Waals surface area contributed by atoms with Gasteiger partial charge in [0.25, 0.3) is 0 Å². The highest BCUT2D eigenvalue weighted by Crippen LogP contribution is 2.27. The number of hydrogen-bond acceptors (Lipinski definition) is 3. The molecule has 4 nitrogen and oxygen atoms in total. The molecule has 0 bridgehead atoms. The van der Waals surface area contributed by atoms with E-state index in [4.69, 9.17) is 14.9 Å². The highest BCUT2D eigenvalue weighted by Gasteiger charge is 2.13. The largest absolute Gasteiger partial charge is 0.481 e. The van der Waals surface area contributed by atoms with Crippen LogP contribution in [0.2, 0.25) is 0 Å². The fourth-order valence-electron chi connectivity index (χ4n) is 1.48. The number of carboxylic acids is 1. The van der Waals surface area contributed by atoms with E-state index in [0.717, 1.165) is 11.1 Å². The second kappa shape index (κ2) is 4.79. The minimum absolute atomic E-state index is 0.0944. The molecule has 0 radical (unpaired) electrons. The zero-order chi connectivity index (χ0) is 11.4. The van der Waals surface area contributed by atoms with Crippen LogP contribution < -0.4 is 4.74 Å². The Balaban J connectivity index is 3.18. The Labute approximate surface area is 88.1 Å². The molecule has 0 saturated carbocycles. The van der Waals surface area contributed by atoms with Crippen LogP contribution >= 0.6 is 0 Å². The van der Waals surface area contributed by atoms with Crippen molar-refractivity contribution in [1.82, 2.24) is 0 Å². The Morgan fingerprint density at radius 1 is 1.33 bits per heavy atom. The zero-order valence-corrected chi connectivity index (χ0v) is 8.78. The van der Waals surface area contributed by atoms with Gasteiger partial charge < -0.3 is 14.9 Å². The maximum atomic E-state index is 10.7. The van der Waals surface area contributed by atoms with Crippen LogP contribution in [0.5, 0.6) is 5.75 Å². The fraction of sp³-hybridized carbons (Fsp3) is 0.364. The number of ether oxygens (including phenoxy) is 1. The van der Waals surface area contributed by atoms with Crippen LogP contribution in [0.15, 0.2) is 12.1 Å². The Kier molecular flexibility index (Phi) is 3.68. The van der Waals surface area contributed by atoms with E-state index in [1.165, 1.54) is 0 Å². The SMILES string of the molecule is Cc1ccc(C)c(OCO)c1CC(=O)O. The molecule has 82 valence electrons. The summed E-state index contributed by atoms with van der Waals surface area (Å²) in [7, 11) is 0. The van der Waals surface area contributed by atoms with Crippen LogP contribution in [0.1, 0.15) is 16.7 Å². The lowest BCUT2D eigenvalue weighted by Gasteiger charge is -2.13. The van der Waals surface area contributed by atoms with Gasteiger partial charge >= 0.3 is 5.97 Å². The van der Waals surface area contributed by atoms with Gasteiger partial charge in [0.1, 0.15) is 5.75 Å². The number of carbonyl (C=O) groups is 1. The summed E-state index contributed by atoms with van der Waals surface area (Å²) in [6.45, 7) is 3.19. The highest BCUT2D eigenvalue weighted by molar-refractivity contribution is 5.72. The van der Waals surface area contributed by atoms with Crippen LogP contribution in [0.3, 0.4) is 0 Å². The van der Waals surface area contributed by atoms with E-state index in [2.05, 4.69) is 0 Å². The molecule has 4 heteroatoms. The topological polar surface area (TPSA) is 66.8 Å². The highest BCUT2D eigenvalue weighted by atomic mass is 16.6. The van der Waals surface area contributed by atoms with Gasteiger partial charge in [0.15, 0.2) is 6.79 Å². The lowest BCUT2D eigenvalue weighted by molar-refractivity contribution is -0.136. The molecule has 0 amide bonds. The quantitative estimate of drug-likeness (QED) is 0.734. The van der Waals surface area contributed by atoms with E-state index in [9.17, 15) is 4.79 Å². The van der Waals surface area contributed by atoms with E-state index in [0.29, 0.717) is 11.3 Å². The van der Waals surface area contributed by atoms with E-state index in [-0.39, 0.29) is 6.42 Å². The average molecular weight is 210 g/mol. The average Bonchev–Trinajstić information content (AvgIpc) is 2.17. The molecule has 0 aromatic heterocycles. The van der Waals surface area contributed by atoms with Crippen molar-refractivity contribution in [2.75, 3.05) is 6.79 Å². The molecule has 0 aliphatic rings. The van der Waals surface area contributed by atoms with Gasteiger partial charge in [-0.25, -0.2) is 0 Å². The Bertz CT molecular complexity index is 371. The van der Waals surface area contributed by atoms with Gasteiger partial charge in [0.05, 0.1) is 6.42 Å². The lowest BCUT2D eigenvalue weighted by Crippen LogP contribution is -2.07. The summed E-state index contributed by atoms with van der Waals surface area (Å²) in [6, 6.07) is 3.68. The molecule has 2 N–H and O–H groups in total. The molecule has 1 aromatic carbocycles. The Morgan fingerprint density at radius 3 is 2.47 bits per heavy atom. The van der Waals surface area contributed by atoms with Crippen LogP contribution in [0.25, 0.3) is 0 Å². The van der Waals surface area contributed by atoms with Gasteiger partial charge in [-0.3, -0.25) is 4.79 Å². The maximum absolute atomic E-state index is 10.7. The van der Waals surface area contributed by atoms with Gasteiger partial charge in [0.2, 0.25) is 0 Å². The summed E-state index contributed by atoms with van der Waals surface area (Å²) < 4.78 is 5.04. The summed E-state index contributed by atoms with van der Waals surface area (Å²) in [4.78, 5) is 10.7. The third-order valence-electron chi connectivity index (χ3n) is 2.23. The lowest BCUT2D eigenvalue weighted by atomic mass is 10.0. The van der Waals surface area contributed by atoms with Crippen LogP contribution in [0.4, 0.5) is 0 Å². The van der Waals surface area contributed by atoms with E-state index in [1.807, 2.05) is 26.0 Å². The van der Waals surface area contributed by atoms with Crippen molar-refractivity contribution in [1.29, 1.82) is 0 Å². The van der Waals surface area contributed by atoms with Crippen molar-refractivity contribution >= 4 is 5.97 Å². The number of carboxylic acid groups (broad SMARTS) is 1. The van der Waals surface area contributed by atoms with Crippen molar-refractivity contribution in [3.63, 3.8) is 0 Å². The number of rotatable bonds is 4. The number of aliphatic carboxylic acids is 1. The molecule has 0 spiro atoms. The molecule has 0 fully saturated rings. The second-order valence-electron chi connectivity index (χ2n) is 3.35. The second-order valence-corrected chi connectivity index (χ2v) is 3.35. The molecule has 0 unspecified atom stereocenters. The summed E-state index contributed by atoms with van der Waals surface area (Å²) in [5.41, 5.74) is 2.30. The monoisotopic (exact) mass is 210 g/mol. The molecule has 0 aliphatic heterocycles. The van der Waals surface area contributed by atoms with E-state index < -0.39 is 12.8 Å². The van der Waals surface area contributed by atoms with Gasteiger partial charge in [-0.2, -0.15) is 0 Å². The van der Waals surface area contributed by atoms with Crippen molar-refractivity contribution in [2.45, 2.75) is 20.3 Å². The summed E-state index contributed by atoms with van der Waals surface area (Å²) in [5.74, 6) is -0.439. The van der Waals surface area contributed by atoms with Crippen molar-refractivity contribution in [3.8, 4) is 5.75 Å². The molecular weight excluding hydrogens is 196 g/mol. The third kappa shape index (κ3) is 2.70. The van der Waals surface area contributed by atoms with Crippen molar-refractivity contribution in [2.24, 2.45) is 0 Å². The molecule has 1 rings (SSSR count). The molecule has 0 atom stereocenters.